The summed E-state index contributed by atoms with van der Waals surface area (Å²) < 4.78 is 0. The Bertz CT molecular complexity index is 253. The van der Waals surface area contributed by atoms with Gasteiger partial charge in [0.15, 0.2) is 0 Å². The largest absolute Gasteiger partial charge is 0.480 e. The fourth-order valence-electron chi connectivity index (χ4n) is 0.813. The Morgan fingerprint density at radius 2 is 1.77 bits per heavy atom. The standard InChI is InChI=1S/C8H13NO4/c1-4(2)5(7(10)11)3-6(9)8(12)13/h6H,3,9H2,1-2H3,(H,10,11)(H,12,13). The summed E-state index contributed by atoms with van der Waals surface area (Å²) in [7, 11) is 0. The first-order valence-electron chi connectivity index (χ1n) is 3.74. The van der Waals surface area contributed by atoms with Crippen LogP contribution in [0.25, 0.3) is 0 Å². The molecule has 5 heteroatoms. The van der Waals surface area contributed by atoms with E-state index in [0.29, 0.717) is 5.57 Å². The van der Waals surface area contributed by atoms with Gasteiger partial charge in [-0.25, -0.2) is 4.79 Å². The molecule has 0 rings (SSSR count). The first kappa shape index (κ1) is 11.6. The van der Waals surface area contributed by atoms with Crippen LogP contribution in [0.1, 0.15) is 20.3 Å². The molecule has 0 aromatic rings. The van der Waals surface area contributed by atoms with Crippen molar-refractivity contribution < 1.29 is 19.8 Å². The minimum absolute atomic E-state index is 0.0647. The van der Waals surface area contributed by atoms with Gasteiger partial charge in [-0.2, -0.15) is 0 Å². The molecule has 13 heavy (non-hydrogen) atoms. The lowest BCUT2D eigenvalue weighted by Gasteiger charge is -2.08. The molecule has 0 aliphatic carbocycles. The van der Waals surface area contributed by atoms with Gasteiger partial charge in [-0.05, 0) is 13.8 Å². The number of rotatable bonds is 4. The number of carbonyl (C=O) groups is 2. The van der Waals surface area contributed by atoms with E-state index in [-0.39, 0.29) is 12.0 Å². The van der Waals surface area contributed by atoms with E-state index in [0.717, 1.165) is 0 Å². The molecule has 0 radical (unpaired) electrons. The minimum atomic E-state index is -1.19. The Hall–Kier alpha value is -1.36. The number of aliphatic carboxylic acids is 2. The maximum atomic E-state index is 10.6. The lowest BCUT2D eigenvalue weighted by atomic mass is 10.0. The van der Waals surface area contributed by atoms with E-state index in [9.17, 15) is 9.59 Å². The van der Waals surface area contributed by atoms with Gasteiger partial charge in [-0.1, -0.05) is 5.57 Å². The second-order valence-electron chi connectivity index (χ2n) is 2.93. The first-order valence-corrected chi connectivity index (χ1v) is 3.74. The molecule has 0 saturated carbocycles. The molecule has 0 amide bonds. The molecule has 1 atom stereocenters. The van der Waals surface area contributed by atoms with E-state index in [1.807, 2.05) is 0 Å². The highest BCUT2D eigenvalue weighted by molar-refractivity contribution is 5.88. The van der Waals surface area contributed by atoms with Crippen molar-refractivity contribution in [1.29, 1.82) is 0 Å². The van der Waals surface area contributed by atoms with Gasteiger partial charge in [0.1, 0.15) is 6.04 Å². The van der Waals surface area contributed by atoms with Crippen LogP contribution in [-0.2, 0) is 9.59 Å². The fraction of sp³-hybridized carbons (Fsp3) is 0.500. The van der Waals surface area contributed by atoms with E-state index < -0.39 is 18.0 Å². The molecule has 74 valence electrons. The lowest BCUT2D eigenvalue weighted by Crippen LogP contribution is -2.31. The number of carboxylic acid groups (broad SMARTS) is 2. The van der Waals surface area contributed by atoms with Gasteiger partial charge in [0, 0.05) is 12.0 Å². The van der Waals surface area contributed by atoms with Crippen molar-refractivity contribution in [2.45, 2.75) is 26.3 Å². The van der Waals surface area contributed by atoms with Crippen molar-refractivity contribution in [3.05, 3.63) is 11.1 Å². The van der Waals surface area contributed by atoms with Crippen LogP contribution in [0.4, 0.5) is 0 Å². The highest BCUT2D eigenvalue weighted by Gasteiger charge is 2.18. The Balaban J connectivity index is 4.57. The normalized spacial score (nSPS) is 11.9. The van der Waals surface area contributed by atoms with Gasteiger partial charge in [0.2, 0.25) is 0 Å². The molecule has 0 aliphatic rings. The Labute approximate surface area is 75.9 Å². The molecule has 5 nitrogen and oxygen atoms in total. The minimum Gasteiger partial charge on any atom is -0.480 e. The first-order chi connectivity index (χ1) is 5.86. The maximum absolute atomic E-state index is 10.6. The average molecular weight is 187 g/mol. The SMILES string of the molecule is CC(C)=C(CC(N)C(=O)O)C(=O)O. The van der Waals surface area contributed by atoms with Crippen LogP contribution in [0.3, 0.4) is 0 Å². The molecular formula is C8H13NO4. The third kappa shape index (κ3) is 3.71. The number of hydrogen-bond donors (Lipinski definition) is 3. The van der Waals surface area contributed by atoms with Gasteiger partial charge < -0.3 is 15.9 Å². The fourth-order valence-corrected chi connectivity index (χ4v) is 0.813. The van der Waals surface area contributed by atoms with Crippen LogP contribution in [0.15, 0.2) is 11.1 Å². The number of hydrogen-bond acceptors (Lipinski definition) is 3. The van der Waals surface area contributed by atoms with Gasteiger partial charge in [0.05, 0.1) is 0 Å². The van der Waals surface area contributed by atoms with Gasteiger partial charge in [0.25, 0.3) is 0 Å². The van der Waals surface area contributed by atoms with E-state index >= 15 is 0 Å². The van der Waals surface area contributed by atoms with E-state index in [1.165, 1.54) is 0 Å². The Morgan fingerprint density at radius 3 is 2.00 bits per heavy atom. The molecule has 0 fully saturated rings. The predicted molar refractivity (Wildman–Crippen MR) is 46.2 cm³/mol. The van der Waals surface area contributed by atoms with Crippen molar-refractivity contribution in [2.24, 2.45) is 5.73 Å². The summed E-state index contributed by atoms with van der Waals surface area (Å²) in [4.78, 5) is 20.9. The summed E-state index contributed by atoms with van der Waals surface area (Å²) >= 11 is 0. The second kappa shape index (κ2) is 4.61. The summed E-state index contributed by atoms with van der Waals surface area (Å²) in [5.41, 5.74) is 5.83. The quantitative estimate of drug-likeness (QED) is 0.546. The molecule has 0 aromatic carbocycles. The molecule has 0 heterocycles. The Kier molecular flexibility index (Phi) is 4.13. The van der Waals surface area contributed by atoms with Crippen molar-refractivity contribution in [3.8, 4) is 0 Å². The summed E-state index contributed by atoms with van der Waals surface area (Å²) in [6, 6.07) is -1.15. The molecular weight excluding hydrogens is 174 g/mol. The number of allylic oxidation sites excluding steroid dienone is 1. The monoisotopic (exact) mass is 187 g/mol. The van der Waals surface area contributed by atoms with Gasteiger partial charge in [-0.3, -0.25) is 4.79 Å². The van der Waals surface area contributed by atoms with Crippen molar-refractivity contribution in [3.63, 3.8) is 0 Å². The maximum Gasteiger partial charge on any atom is 0.331 e. The smallest absolute Gasteiger partial charge is 0.331 e. The summed E-state index contributed by atoms with van der Waals surface area (Å²) in [5.74, 6) is -2.31. The van der Waals surface area contributed by atoms with Crippen LogP contribution in [0.5, 0.6) is 0 Å². The van der Waals surface area contributed by atoms with Crippen LogP contribution in [0, 0.1) is 0 Å². The second-order valence-corrected chi connectivity index (χ2v) is 2.93. The van der Waals surface area contributed by atoms with E-state index in [4.69, 9.17) is 15.9 Å². The number of nitrogens with two attached hydrogens (primary N) is 1. The molecule has 0 aliphatic heterocycles. The zero-order valence-electron chi connectivity index (χ0n) is 7.57. The Morgan fingerprint density at radius 1 is 1.31 bits per heavy atom. The van der Waals surface area contributed by atoms with E-state index in [2.05, 4.69) is 0 Å². The van der Waals surface area contributed by atoms with Gasteiger partial charge >= 0.3 is 11.9 Å². The highest BCUT2D eigenvalue weighted by Crippen LogP contribution is 2.10. The van der Waals surface area contributed by atoms with E-state index in [1.54, 1.807) is 13.8 Å². The molecule has 0 spiro atoms. The summed E-state index contributed by atoms with van der Waals surface area (Å²) in [5, 5.41) is 17.1. The van der Waals surface area contributed by atoms with Crippen LogP contribution < -0.4 is 5.73 Å². The third-order valence-electron chi connectivity index (χ3n) is 1.60. The summed E-state index contributed by atoms with van der Waals surface area (Å²) in [6.07, 6.45) is -0.146. The van der Waals surface area contributed by atoms with Crippen molar-refractivity contribution in [1.82, 2.24) is 0 Å². The highest BCUT2D eigenvalue weighted by atomic mass is 16.4. The van der Waals surface area contributed by atoms with Crippen LogP contribution in [-0.4, -0.2) is 28.2 Å². The molecule has 0 bridgehead atoms. The van der Waals surface area contributed by atoms with Crippen molar-refractivity contribution >= 4 is 11.9 Å². The average Bonchev–Trinajstić information content (AvgIpc) is 1.97. The molecule has 1 unspecified atom stereocenters. The topological polar surface area (TPSA) is 101 Å². The van der Waals surface area contributed by atoms with Crippen molar-refractivity contribution in [2.75, 3.05) is 0 Å². The van der Waals surface area contributed by atoms with Gasteiger partial charge in [-0.15, -0.1) is 0 Å². The number of carboxylic acids is 2. The van der Waals surface area contributed by atoms with Crippen LogP contribution in [0.2, 0.25) is 0 Å². The summed E-state index contributed by atoms with van der Waals surface area (Å²) in [6.45, 7) is 3.22. The van der Waals surface area contributed by atoms with Crippen LogP contribution >= 0.6 is 0 Å². The predicted octanol–water partition coefficient (Wildman–Crippen LogP) is 0.209. The molecule has 4 N–H and O–H groups in total. The molecule has 0 saturated heterocycles. The zero-order chi connectivity index (χ0) is 10.6. The molecule has 0 aromatic heterocycles. The third-order valence-corrected chi connectivity index (χ3v) is 1.60. The lowest BCUT2D eigenvalue weighted by molar-refractivity contribution is -0.138. The zero-order valence-corrected chi connectivity index (χ0v) is 7.57.